The van der Waals surface area contributed by atoms with Crippen LogP contribution in [0.1, 0.15) is 11.7 Å². The molecule has 3 heterocycles. The van der Waals surface area contributed by atoms with E-state index in [1.54, 1.807) is 6.20 Å². The first-order chi connectivity index (χ1) is 8.77. The average molecular weight is 246 g/mol. The zero-order chi connectivity index (χ0) is 12.5. The number of nitrogens with zero attached hydrogens (tertiary/aromatic N) is 3. The van der Waals surface area contributed by atoms with Crippen LogP contribution in [0.25, 0.3) is 0 Å². The number of hydrogen-bond acceptors (Lipinski definition) is 4. The number of rotatable bonds is 1. The number of pyridine rings is 1. The van der Waals surface area contributed by atoms with Gasteiger partial charge in [-0.05, 0) is 12.1 Å². The molecule has 2 unspecified atom stereocenters. The molecule has 18 heavy (non-hydrogen) atoms. The standard InChI is InChI=1S/C13H18N4O/c1-16-9-10-8-14-6-7-17(10)12(13(16)18)11-4-2-3-5-15-11/h2-5,10,12,14H,6-9H2,1H3. The maximum absolute atomic E-state index is 12.4. The largest absolute Gasteiger partial charge is 0.342 e. The summed E-state index contributed by atoms with van der Waals surface area (Å²) in [4.78, 5) is 20.9. The van der Waals surface area contributed by atoms with E-state index in [0.717, 1.165) is 31.9 Å². The molecule has 5 heteroatoms. The first kappa shape index (κ1) is 11.6. The second-order valence-electron chi connectivity index (χ2n) is 4.97. The van der Waals surface area contributed by atoms with E-state index in [0.29, 0.717) is 6.04 Å². The van der Waals surface area contributed by atoms with Gasteiger partial charge in [-0.25, -0.2) is 0 Å². The zero-order valence-electron chi connectivity index (χ0n) is 10.5. The maximum Gasteiger partial charge on any atom is 0.245 e. The third-order valence-corrected chi connectivity index (χ3v) is 3.79. The molecule has 0 bridgehead atoms. The molecular weight excluding hydrogens is 228 g/mol. The van der Waals surface area contributed by atoms with Crippen LogP contribution in [0.5, 0.6) is 0 Å². The summed E-state index contributed by atoms with van der Waals surface area (Å²) < 4.78 is 0. The molecule has 1 aromatic rings. The number of amides is 1. The van der Waals surface area contributed by atoms with Crippen LogP contribution in [0, 0.1) is 0 Å². The summed E-state index contributed by atoms with van der Waals surface area (Å²) in [5.74, 6) is 0.159. The van der Waals surface area contributed by atoms with Crippen LogP contribution in [0.3, 0.4) is 0 Å². The van der Waals surface area contributed by atoms with Crippen molar-refractivity contribution in [1.82, 2.24) is 20.1 Å². The van der Waals surface area contributed by atoms with Crippen molar-refractivity contribution in [3.05, 3.63) is 30.1 Å². The third kappa shape index (κ3) is 1.89. The quantitative estimate of drug-likeness (QED) is 0.750. The van der Waals surface area contributed by atoms with Gasteiger partial charge in [0, 0.05) is 45.5 Å². The van der Waals surface area contributed by atoms with Gasteiger partial charge in [0.25, 0.3) is 0 Å². The Morgan fingerprint density at radius 3 is 3.11 bits per heavy atom. The smallest absolute Gasteiger partial charge is 0.245 e. The Hall–Kier alpha value is -1.46. The lowest BCUT2D eigenvalue weighted by molar-refractivity contribution is -0.144. The molecule has 1 aromatic heterocycles. The monoisotopic (exact) mass is 246 g/mol. The first-order valence-electron chi connectivity index (χ1n) is 6.40. The Kier molecular flexibility index (Phi) is 3.01. The SMILES string of the molecule is CN1CC2CNCCN2C(c2ccccn2)C1=O. The minimum Gasteiger partial charge on any atom is -0.342 e. The summed E-state index contributed by atoms with van der Waals surface area (Å²) in [5.41, 5.74) is 0.862. The number of fused-ring (bicyclic) bond motifs is 1. The van der Waals surface area contributed by atoms with E-state index in [2.05, 4.69) is 15.2 Å². The van der Waals surface area contributed by atoms with Gasteiger partial charge < -0.3 is 10.2 Å². The summed E-state index contributed by atoms with van der Waals surface area (Å²) in [6, 6.07) is 5.96. The summed E-state index contributed by atoms with van der Waals surface area (Å²) in [6.07, 6.45) is 1.76. The number of piperazine rings is 2. The van der Waals surface area contributed by atoms with Crippen molar-refractivity contribution in [3.8, 4) is 0 Å². The third-order valence-electron chi connectivity index (χ3n) is 3.79. The van der Waals surface area contributed by atoms with Gasteiger partial charge in [0.1, 0.15) is 6.04 Å². The van der Waals surface area contributed by atoms with Crippen LogP contribution < -0.4 is 5.32 Å². The normalized spacial score (nSPS) is 29.2. The Morgan fingerprint density at radius 2 is 2.33 bits per heavy atom. The highest BCUT2D eigenvalue weighted by Gasteiger charge is 2.41. The fourth-order valence-corrected chi connectivity index (χ4v) is 2.88. The highest BCUT2D eigenvalue weighted by Crippen LogP contribution is 2.28. The van der Waals surface area contributed by atoms with Gasteiger partial charge in [-0.3, -0.25) is 14.7 Å². The average Bonchev–Trinajstić information content (AvgIpc) is 2.41. The molecule has 0 spiro atoms. The molecule has 2 aliphatic heterocycles. The van der Waals surface area contributed by atoms with Gasteiger partial charge in [-0.2, -0.15) is 0 Å². The van der Waals surface area contributed by atoms with Crippen LogP contribution in [-0.2, 0) is 4.79 Å². The highest BCUT2D eigenvalue weighted by atomic mass is 16.2. The lowest BCUT2D eigenvalue weighted by atomic mass is 10.0. The fourth-order valence-electron chi connectivity index (χ4n) is 2.88. The lowest BCUT2D eigenvalue weighted by Gasteiger charge is -2.47. The number of aromatic nitrogens is 1. The molecule has 0 saturated carbocycles. The van der Waals surface area contributed by atoms with Crippen molar-refractivity contribution >= 4 is 5.91 Å². The van der Waals surface area contributed by atoms with Crippen molar-refractivity contribution in [2.45, 2.75) is 12.1 Å². The molecule has 96 valence electrons. The van der Waals surface area contributed by atoms with Gasteiger partial charge in [0.2, 0.25) is 5.91 Å². The van der Waals surface area contributed by atoms with Crippen LogP contribution in [0.2, 0.25) is 0 Å². The molecular formula is C13H18N4O. The molecule has 1 N–H and O–H groups in total. The Balaban J connectivity index is 1.95. The van der Waals surface area contributed by atoms with E-state index < -0.39 is 0 Å². The maximum atomic E-state index is 12.4. The molecule has 0 aliphatic carbocycles. The van der Waals surface area contributed by atoms with Gasteiger partial charge >= 0.3 is 0 Å². The van der Waals surface area contributed by atoms with E-state index in [4.69, 9.17) is 0 Å². The van der Waals surface area contributed by atoms with Crippen molar-refractivity contribution in [1.29, 1.82) is 0 Å². The molecule has 3 rings (SSSR count). The topological polar surface area (TPSA) is 48.5 Å². The second kappa shape index (κ2) is 4.66. The van der Waals surface area contributed by atoms with Crippen LogP contribution >= 0.6 is 0 Å². The molecule has 1 amide bonds. The van der Waals surface area contributed by atoms with Crippen LogP contribution in [0.4, 0.5) is 0 Å². The summed E-state index contributed by atoms with van der Waals surface area (Å²) in [6.45, 7) is 3.60. The molecule has 2 fully saturated rings. The zero-order valence-corrected chi connectivity index (χ0v) is 10.5. The van der Waals surface area contributed by atoms with Gasteiger partial charge in [-0.15, -0.1) is 0 Å². The Bertz CT molecular complexity index is 436. The van der Waals surface area contributed by atoms with Crippen molar-refractivity contribution in [3.63, 3.8) is 0 Å². The van der Waals surface area contributed by atoms with E-state index in [9.17, 15) is 4.79 Å². The first-order valence-corrected chi connectivity index (χ1v) is 6.40. The van der Waals surface area contributed by atoms with E-state index in [1.807, 2.05) is 30.1 Å². The fraction of sp³-hybridized carbons (Fsp3) is 0.538. The molecule has 2 aliphatic rings. The van der Waals surface area contributed by atoms with Crippen molar-refractivity contribution < 1.29 is 4.79 Å². The minimum atomic E-state index is -0.211. The van der Waals surface area contributed by atoms with Crippen molar-refractivity contribution in [2.24, 2.45) is 0 Å². The Labute approximate surface area is 107 Å². The molecule has 0 radical (unpaired) electrons. The van der Waals surface area contributed by atoms with E-state index >= 15 is 0 Å². The predicted octanol–water partition coefficient (Wildman–Crippen LogP) is -0.132. The molecule has 5 nitrogen and oxygen atoms in total. The number of likely N-dealkylation sites (N-methyl/N-ethyl adjacent to an activating group) is 1. The Morgan fingerprint density at radius 1 is 1.44 bits per heavy atom. The van der Waals surface area contributed by atoms with Crippen LogP contribution in [-0.4, -0.2) is 60.0 Å². The van der Waals surface area contributed by atoms with Crippen molar-refractivity contribution in [2.75, 3.05) is 33.2 Å². The summed E-state index contributed by atoms with van der Waals surface area (Å²) in [5, 5.41) is 3.39. The lowest BCUT2D eigenvalue weighted by Crippen LogP contribution is -2.63. The van der Waals surface area contributed by atoms with E-state index in [1.165, 1.54) is 0 Å². The molecule has 2 atom stereocenters. The van der Waals surface area contributed by atoms with Gasteiger partial charge in [0.05, 0.1) is 5.69 Å². The van der Waals surface area contributed by atoms with E-state index in [-0.39, 0.29) is 11.9 Å². The van der Waals surface area contributed by atoms with Gasteiger partial charge in [0.15, 0.2) is 0 Å². The summed E-state index contributed by atoms with van der Waals surface area (Å²) in [7, 11) is 1.88. The minimum absolute atomic E-state index is 0.159. The second-order valence-corrected chi connectivity index (χ2v) is 4.97. The number of hydrogen-bond donors (Lipinski definition) is 1. The number of carbonyl (C=O) groups is 1. The molecule has 2 saturated heterocycles. The van der Waals surface area contributed by atoms with Gasteiger partial charge in [-0.1, -0.05) is 6.07 Å². The number of nitrogens with one attached hydrogen (secondary N) is 1. The highest BCUT2D eigenvalue weighted by molar-refractivity contribution is 5.83. The predicted molar refractivity (Wildman–Crippen MR) is 68.0 cm³/mol. The number of carbonyl (C=O) groups excluding carboxylic acids is 1. The molecule has 0 aromatic carbocycles. The summed E-state index contributed by atoms with van der Waals surface area (Å²) >= 11 is 0. The van der Waals surface area contributed by atoms with Crippen LogP contribution in [0.15, 0.2) is 24.4 Å².